The van der Waals surface area contributed by atoms with E-state index < -0.39 is 0 Å². The van der Waals surface area contributed by atoms with Crippen molar-refractivity contribution in [2.45, 2.75) is 26.4 Å². The van der Waals surface area contributed by atoms with E-state index in [0.29, 0.717) is 19.1 Å². The van der Waals surface area contributed by atoms with Gasteiger partial charge in [0, 0.05) is 17.5 Å². The van der Waals surface area contributed by atoms with Gasteiger partial charge in [-0.05, 0) is 47.7 Å². The van der Waals surface area contributed by atoms with Gasteiger partial charge < -0.3 is 9.47 Å². The third kappa shape index (κ3) is 5.26. The SMILES string of the molecule is CCc1cc(OCCCCl)cc(OCc2ccccc2)c1-c1ccc(F)cc1. The van der Waals surface area contributed by atoms with Crippen LogP contribution in [0.4, 0.5) is 4.39 Å². The Labute approximate surface area is 170 Å². The Morgan fingerprint density at radius 2 is 1.68 bits per heavy atom. The van der Waals surface area contributed by atoms with E-state index >= 15 is 0 Å². The van der Waals surface area contributed by atoms with Crippen molar-refractivity contribution < 1.29 is 13.9 Å². The van der Waals surface area contributed by atoms with E-state index in [9.17, 15) is 4.39 Å². The molecule has 0 atom stereocenters. The number of halogens is 2. The molecule has 0 heterocycles. The second-order valence-corrected chi connectivity index (χ2v) is 6.86. The zero-order chi connectivity index (χ0) is 19.8. The maximum Gasteiger partial charge on any atom is 0.131 e. The predicted octanol–water partition coefficient (Wildman–Crippen LogP) is 6.64. The maximum absolute atomic E-state index is 13.4. The normalized spacial score (nSPS) is 10.7. The van der Waals surface area contributed by atoms with Crippen molar-refractivity contribution in [3.05, 3.63) is 83.7 Å². The summed E-state index contributed by atoms with van der Waals surface area (Å²) in [7, 11) is 0. The van der Waals surface area contributed by atoms with Crippen molar-refractivity contribution in [2.75, 3.05) is 12.5 Å². The van der Waals surface area contributed by atoms with Gasteiger partial charge in [-0.3, -0.25) is 0 Å². The van der Waals surface area contributed by atoms with Gasteiger partial charge in [0.1, 0.15) is 23.9 Å². The molecule has 0 bridgehead atoms. The average Bonchev–Trinajstić information content (AvgIpc) is 2.73. The van der Waals surface area contributed by atoms with Gasteiger partial charge in [-0.2, -0.15) is 0 Å². The topological polar surface area (TPSA) is 18.5 Å². The lowest BCUT2D eigenvalue weighted by Crippen LogP contribution is -2.03. The summed E-state index contributed by atoms with van der Waals surface area (Å²) < 4.78 is 25.5. The molecule has 3 rings (SSSR count). The fourth-order valence-corrected chi connectivity index (χ4v) is 3.15. The zero-order valence-electron chi connectivity index (χ0n) is 16.0. The molecule has 4 heteroatoms. The summed E-state index contributed by atoms with van der Waals surface area (Å²) in [6.07, 6.45) is 1.59. The number of alkyl halides is 1. The molecule has 28 heavy (non-hydrogen) atoms. The van der Waals surface area contributed by atoms with E-state index in [0.717, 1.165) is 46.6 Å². The highest BCUT2D eigenvalue weighted by atomic mass is 35.5. The minimum atomic E-state index is -0.255. The lowest BCUT2D eigenvalue weighted by molar-refractivity contribution is 0.295. The third-order valence-corrected chi connectivity index (χ3v) is 4.72. The van der Waals surface area contributed by atoms with Gasteiger partial charge in [0.05, 0.1) is 6.61 Å². The van der Waals surface area contributed by atoms with E-state index in [2.05, 4.69) is 6.92 Å². The van der Waals surface area contributed by atoms with Crippen LogP contribution >= 0.6 is 11.6 Å². The van der Waals surface area contributed by atoms with Crippen molar-refractivity contribution in [1.82, 2.24) is 0 Å². The highest BCUT2D eigenvalue weighted by Gasteiger charge is 2.15. The Morgan fingerprint density at radius 1 is 0.929 bits per heavy atom. The molecule has 2 nitrogen and oxygen atoms in total. The van der Waals surface area contributed by atoms with Crippen LogP contribution in [0.1, 0.15) is 24.5 Å². The molecule has 0 aliphatic carbocycles. The Morgan fingerprint density at radius 3 is 2.36 bits per heavy atom. The van der Waals surface area contributed by atoms with Gasteiger partial charge in [0.25, 0.3) is 0 Å². The number of rotatable bonds is 9. The van der Waals surface area contributed by atoms with Gasteiger partial charge >= 0.3 is 0 Å². The maximum atomic E-state index is 13.4. The number of hydrogen-bond donors (Lipinski definition) is 0. The van der Waals surface area contributed by atoms with Crippen LogP contribution < -0.4 is 9.47 Å². The lowest BCUT2D eigenvalue weighted by atomic mass is 9.96. The van der Waals surface area contributed by atoms with Crippen LogP contribution in [0, 0.1) is 5.82 Å². The molecule has 0 aromatic heterocycles. The summed E-state index contributed by atoms with van der Waals surface area (Å²) in [4.78, 5) is 0. The van der Waals surface area contributed by atoms with Crippen LogP contribution in [0.15, 0.2) is 66.7 Å². The summed E-state index contributed by atoms with van der Waals surface area (Å²) in [5, 5.41) is 0. The van der Waals surface area contributed by atoms with Crippen LogP contribution in [-0.4, -0.2) is 12.5 Å². The first-order valence-electron chi connectivity index (χ1n) is 9.49. The summed E-state index contributed by atoms with van der Waals surface area (Å²) in [5.74, 6) is 1.80. The van der Waals surface area contributed by atoms with Crippen molar-refractivity contribution >= 4 is 11.6 Å². The van der Waals surface area contributed by atoms with Crippen LogP contribution in [0.2, 0.25) is 0 Å². The van der Waals surface area contributed by atoms with Crippen molar-refractivity contribution in [3.63, 3.8) is 0 Å². The van der Waals surface area contributed by atoms with Crippen LogP contribution in [0.5, 0.6) is 11.5 Å². The summed E-state index contributed by atoms with van der Waals surface area (Å²) in [6, 6.07) is 20.5. The Bertz CT molecular complexity index is 879. The number of aryl methyl sites for hydroxylation is 1. The van der Waals surface area contributed by atoms with E-state index in [4.69, 9.17) is 21.1 Å². The van der Waals surface area contributed by atoms with E-state index in [-0.39, 0.29) is 5.82 Å². The number of hydrogen-bond acceptors (Lipinski definition) is 2. The Balaban J connectivity index is 1.97. The Kier molecular flexibility index (Phi) is 7.32. The van der Waals surface area contributed by atoms with Crippen LogP contribution in [-0.2, 0) is 13.0 Å². The van der Waals surface area contributed by atoms with Crippen LogP contribution in [0.3, 0.4) is 0 Å². The predicted molar refractivity (Wildman–Crippen MR) is 113 cm³/mol. The van der Waals surface area contributed by atoms with Gasteiger partial charge in [-0.1, -0.05) is 49.4 Å². The highest BCUT2D eigenvalue weighted by molar-refractivity contribution is 6.17. The van der Waals surface area contributed by atoms with E-state index in [1.54, 1.807) is 12.1 Å². The highest BCUT2D eigenvalue weighted by Crippen LogP contribution is 2.38. The second-order valence-electron chi connectivity index (χ2n) is 6.48. The summed E-state index contributed by atoms with van der Waals surface area (Å²) in [5.41, 5.74) is 4.08. The summed E-state index contributed by atoms with van der Waals surface area (Å²) in [6.45, 7) is 3.09. The van der Waals surface area contributed by atoms with Crippen molar-refractivity contribution in [2.24, 2.45) is 0 Å². The van der Waals surface area contributed by atoms with Gasteiger partial charge in [0.15, 0.2) is 0 Å². The molecule has 0 saturated carbocycles. The molecule has 0 unspecified atom stereocenters. The number of ether oxygens (including phenoxy) is 2. The zero-order valence-corrected chi connectivity index (χ0v) is 16.7. The molecular weight excluding hydrogens is 375 g/mol. The average molecular weight is 399 g/mol. The third-order valence-electron chi connectivity index (χ3n) is 4.46. The van der Waals surface area contributed by atoms with Gasteiger partial charge in [0.2, 0.25) is 0 Å². The first-order chi connectivity index (χ1) is 13.7. The van der Waals surface area contributed by atoms with E-state index in [1.807, 2.05) is 42.5 Å². The minimum Gasteiger partial charge on any atom is -0.493 e. The van der Waals surface area contributed by atoms with Crippen LogP contribution in [0.25, 0.3) is 11.1 Å². The molecule has 0 amide bonds. The number of benzene rings is 3. The molecule has 0 aliphatic heterocycles. The second kappa shape index (κ2) is 10.1. The smallest absolute Gasteiger partial charge is 0.131 e. The minimum absolute atomic E-state index is 0.255. The molecule has 146 valence electrons. The van der Waals surface area contributed by atoms with Gasteiger partial charge in [-0.25, -0.2) is 4.39 Å². The monoisotopic (exact) mass is 398 g/mol. The van der Waals surface area contributed by atoms with Crippen molar-refractivity contribution in [3.8, 4) is 22.6 Å². The fraction of sp³-hybridized carbons (Fsp3) is 0.250. The molecule has 0 aliphatic rings. The molecular formula is C24H24ClFO2. The lowest BCUT2D eigenvalue weighted by Gasteiger charge is -2.18. The molecule has 3 aromatic rings. The van der Waals surface area contributed by atoms with Gasteiger partial charge in [-0.15, -0.1) is 11.6 Å². The molecule has 3 aromatic carbocycles. The van der Waals surface area contributed by atoms with Crippen molar-refractivity contribution in [1.29, 1.82) is 0 Å². The Hall–Kier alpha value is -2.52. The molecule has 0 spiro atoms. The largest absolute Gasteiger partial charge is 0.493 e. The quantitative estimate of drug-likeness (QED) is 0.297. The standard InChI is InChI=1S/C24H24ClFO2/c1-2-19-15-22(27-14-6-13-25)16-23(28-17-18-7-4-3-5-8-18)24(19)20-9-11-21(26)12-10-20/h3-5,7-12,15-16H,2,6,13-14,17H2,1H3. The molecule has 0 saturated heterocycles. The summed E-state index contributed by atoms with van der Waals surface area (Å²) >= 11 is 5.76. The molecule has 0 fully saturated rings. The van der Waals surface area contributed by atoms with E-state index in [1.165, 1.54) is 12.1 Å². The first-order valence-corrected chi connectivity index (χ1v) is 10.0. The molecule has 0 radical (unpaired) electrons. The fourth-order valence-electron chi connectivity index (χ4n) is 3.05. The molecule has 0 N–H and O–H groups in total. The first kappa shape index (κ1) is 20.2.